The minimum Gasteiger partial charge on any atom is -0.375 e. The third kappa shape index (κ3) is 4.22. The lowest BCUT2D eigenvalue weighted by atomic mass is 9.89. The number of ether oxygens (including phenoxy) is 1. The van der Waals surface area contributed by atoms with Gasteiger partial charge >= 0.3 is 0 Å². The lowest BCUT2D eigenvalue weighted by molar-refractivity contribution is -0.0845. The molecule has 1 saturated carbocycles. The van der Waals surface area contributed by atoms with E-state index >= 15 is 0 Å². The molecule has 0 radical (unpaired) electrons. The summed E-state index contributed by atoms with van der Waals surface area (Å²) >= 11 is 0. The van der Waals surface area contributed by atoms with E-state index in [2.05, 4.69) is 31.0 Å². The molecule has 1 heterocycles. The van der Waals surface area contributed by atoms with Crippen LogP contribution in [0, 0.1) is 5.92 Å². The van der Waals surface area contributed by atoms with Crippen molar-refractivity contribution < 1.29 is 4.74 Å². The molecule has 2 rings (SSSR count). The molecule has 0 amide bonds. The summed E-state index contributed by atoms with van der Waals surface area (Å²) in [5.41, 5.74) is 0. The second kappa shape index (κ2) is 6.88. The highest BCUT2D eigenvalue weighted by atomic mass is 16.5. The number of nitrogens with one attached hydrogen (secondary N) is 1. The molecule has 0 aromatic rings. The Hall–Kier alpha value is -0.120. The van der Waals surface area contributed by atoms with Gasteiger partial charge in [0.25, 0.3) is 0 Å². The molecule has 1 aliphatic heterocycles. The van der Waals surface area contributed by atoms with Gasteiger partial charge in [-0.1, -0.05) is 20.8 Å². The van der Waals surface area contributed by atoms with Crippen LogP contribution in [0.15, 0.2) is 0 Å². The first kappa shape index (κ1) is 14.3. The zero-order valence-corrected chi connectivity index (χ0v) is 12.3. The average Bonchev–Trinajstić information content (AvgIpc) is 2.28. The van der Waals surface area contributed by atoms with Crippen molar-refractivity contribution in [2.75, 3.05) is 26.2 Å². The van der Waals surface area contributed by atoms with Crippen LogP contribution in [0.25, 0.3) is 0 Å². The third-order valence-corrected chi connectivity index (χ3v) is 4.13. The normalized spacial score (nSPS) is 30.7. The maximum absolute atomic E-state index is 6.19. The number of hydrogen-bond acceptors (Lipinski definition) is 3. The first-order valence-electron chi connectivity index (χ1n) is 7.78. The van der Waals surface area contributed by atoms with E-state index < -0.39 is 0 Å². The first-order chi connectivity index (χ1) is 8.67. The number of nitrogens with zero attached hydrogens (tertiary/aromatic N) is 1. The Bertz CT molecular complexity index is 231. The van der Waals surface area contributed by atoms with Gasteiger partial charge in [-0.05, 0) is 38.1 Å². The molecule has 2 fully saturated rings. The summed E-state index contributed by atoms with van der Waals surface area (Å²) in [4.78, 5) is 2.59. The van der Waals surface area contributed by atoms with Crippen LogP contribution in [0.5, 0.6) is 0 Å². The highest BCUT2D eigenvalue weighted by molar-refractivity contribution is 4.87. The second-order valence-corrected chi connectivity index (χ2v) is 6.38. The SMILES string of the molecule is CCNC1CC(OC2CCN(CC(C)C)CC2)C1. The lowest BCUT2D eigenvalue weighted by Gasteiger charge is -2.40. The molecule has 1 N–H and O–H groups in total. The maximum atomic E-state index is 6.19. The van der Waals surface area contributed by atoms with Gasteiger partial charge in [0.1, 0.15) is 0 Å². The fraction of sp³-hybridized carbons (Fsp3) is 1.00. The molecule has 106 valence electrons. The number of rotatable bonds is 6. The molecule has 0 bridgehead atoms. The van der Waals surface area contributed by atoms with Crippen molar-refractivity contribution in [1.29, 1.82) is 0 Å². The molecule has 0 atom stereocenters. The monoisotopic (exact) mass is 254 g/mol. The Morgan fingerprint density at radius 3 is 2.39 bits per heavy atom. The van der Waals surface area contributed by atoms with E-state index in [1.165, 1.54) is 45.3 Å². The Morgan fingerprint density at radius 2 is 1.83 bits per heavy atom. The quantitative estimate of drug-likeness (QED) is 0.787. The molecule has 0 unspecified atom stereocenters. The molecular weight excluding hydrogens is 224 g/mol. The Kier molecular flexibility index (Phi) is 5.46. The van der Waals surface area contributed by atoms with Gasteiger partial charge in [-0.2, -0.15) is 0 Å². The fourth-order valence-corrected chi connectivity index (χ4v) is 3.15. The number of piperidine rings is 1. The van der Waals surface area contributed by atoms with E-state index in [1.54, 1.807) is 0 Å². The van der Waals surface area contributed by atoms with Crippen LogP contribution < -0.4 is 5.32 Å². The summed E-state index contributed by atoms with van der Waals surface area (Å²) in [6.07, 6.45) is 5.97. The summed E-state index contributed by atoms with van der Waals surface area (Å²) in [5.74, 6) is 0.787. The largest absolute Gasteiger partial charge is 0.375 e. The van der Waals surface area contributed by atoms with Crippen molar-refractivity contribution in [2.45, 2.75) is 64.7 Å². The topological polar surface area (TPSA) is 24.5 Å². The molecule has 3 nitrogen and oxygen atoms in total. The van der Waals surface area contributed by atoms with Crippen LogP contribution in [-0.2, 0) is 4.74 Å². The first-order valence-corrected chi connectivity index (χ1v) is 7.78. The van der Waals surface area contributed by atoms with Crippen molar-refractivity contribution in [3.63, 3.8) is 0 Å². The molecule has 3 heteroatoms. The summed E-state index contributed by atoms with van der Waals surface area (Å²) < 4.78 is 6.19. The van der Waals surface area contributed by atoms with Crippen LogP contribution in [0.4, 0.5) is 0 Å². The van der Waals surface area contributed by atoms with Gasteiger partial charge in [0.2, 0.25) is 0 Å². The van der Waals surface area contributed by atoms with Crippen LogP contribution in [0.1, 0.15) is 46.5 Å². The summed E-state index contributed by atoms with van der Waals surface area (Å²) in [6.45, 7) is 11.6. The summed E-state index contributed by atoms with van der Waals surface area (Å²) in [6, 6.07) is 0.723. The van der Waals surface area contributed by atoms with Crippen molar-refractivity contribution >= 4 is 0 Å². The fourth-order valence-electron chi connectivity index (χ4n) is 3.15. The Labute approximate surface area is 112 Å². The van der Waals surface area contributed by atoms with E-state index in [1.807, 2.05) is 0 Å². The minimum atomic E-state index is 0.529. The minimum absolute atomic E-state index is 0.529. The molecule has 0 aromatic carbocycles. The van der Waals surface area contributed by atoms with Gasteiger partial charge in [0.05, 0.1) is 12.2 Å². The van der Waals surface area contributed by atoms with E-state index in [9.17, 15) is 0 Å². The van der Waals surface area contributed by atoms with Gasteiger partial charge < -0.3 is 15.0 Å². The van der Waals surface area contributed by atoms with Crippen LogP contribution in [0.2, 0.25) is 0 Å². The van der Waals surface area contributed by atoms with E-state index in [-0.39, 0.29) is 0 Å². The predicted octanol–water partition coefficient (Wildman–Crippen LogP) is 2.26. The lowest BCUT2D eigenvalue weighted by Crippen LogP contribution is -2.48. The van der Waals surface area contributed by atoms with Gasteiger partial charge in [0.15, 0.2) is 0 Å². The molecular formula is C15H30N2O. The number of likely N-dealkylation sites (tertiary alicyclic amines) is 1. The van der Waals surface area contributed by atoms with Crippen molar-refractivity contribution in [3.8, 4) is 0 Å². The molecule has 0 aromatic heterocycles. The van der Waals surface area contributed by atoms with Gasteiger partial charge in [0, 0.05) is 25.7 Å². The summed E-state index contributed by atoms with van der Waals surface area (Å²) in [7, 11) is 0. The van der Waals surface area contributed by atoms with E-state index in [4.69, 9.17) is 4.74 Å². The molecule has 1 saturated heterocycles. The smallest absolute Gasteiger partial charge is 0.0608 e. The average molecular weight is 254 g/mol. The zero-order valence-electron chi connectivity index (χ0n) is 12.3. The maximum Gasteiger partial charge on any atom is 0.0608 e. The Balaban J connectivity index is 1.57. The molecule has 1 aliphatic carbocycles. The predicted molar refractivity (Wildman–Crippen MR) is 75.9 cm³/mol. The third-order valence-electron chi connectivity index (χ3n) is 4.13. The number of hydrogen-bond donors (Lipinski definition) is 1. The van der Waals surface area contributed by atoms with Gasteiger partial charge in [-0.3, -0.25) is 0 Å². The van der Waals surface area contributed by atoms with Crippen molar-refractivity contribution in [2.24, 2.45) is 5.92 Å². The molecule has 0 spiro atoms. The van der Waals surface area contributed by atoms with Gasteiger partial charge in [-0.25, -0.2) is 0 Å². The van der Waals surface area contributed by atoms with Crippen molar-refractivity contribution in [3.05, 3.63) is 0 Å². The standard InChI is InChI=1S/C15H30N2O/c1-4-16-13-9-15(10-13)18-14-5-7-17(8-6-14)11-12(2)3/h12-16H,4-11H2,1-3H3. The highest BCUT2D eigenvalue weighted by Crippen LogP contribution is 2.27. The van der Waals surface area contributed by atoms with E-state index in [0.717, 1.165) is 18.5 Å². The van der Waals surface area contributed by atoms with Crippen LogP contribution >= 0.6 is 0 Å². The zero-order chi connectivity index (χ0) is 13.0. The van der Waals surface area contributed by atoms with Crippen LogP contribution in [-0.4, -0.2) is 49.3 Å². The van der Waals surface area contributed by atoms with Crippen molar-refractivity contribution in [1.82, 2.24) is 10.2 Å². The van der Waals surface area contributed by atoms with Crippen LogP contribution in [0.3, 0.4) is 0 Å². The van der Waals surface area contributed by atoms with E-state index in [0.29, 0.717) is 12.2 Å². The molecule has 2 aliphatic rings. The summed E-state index contributed by atoms with van der Waals surface area (Å²) in [5, 5.41) is 3.49. The second-order valence-electron chi connectivity index (χ2n) is 6.38. The Morgan fingerprint density at radius 1 is 1.17 bits per heavy atom. The highest BCUT2D eigenvalue weighted by Gasteiger charge is 2.32. The van der Waals surface area contributed by atoms with Gasteiger partial charge in [-0.15, -0.1) is 0 Å². The molecule has 18 heavy (non-hydrogen) atoms.